The first-order valence-corrected chi connectivity index (χ1v) is 7.46. The van der Waals surface area contributed by atoms with Crippen LogP contribution in [0.15, 0.2) is 0 Å². The highest BCUT2D eigenvalue weighted by Gasteiger charge is 2.32. The number of rotatable bonds is 7. The average molecular weight is 250 g/mol. The van der Waals surface area contributed by atoms with Crippen LogP contribution in [0.1, 0.15) is 32.1 Å². The molecule has 0 bridgehead atoms. The van der Waals surface area contributed by atoms with Gasteiger partial charge in [0.1, 0.15) is 0 Å². The van der Waals surface area contributed by atoms with E-state index in [-0.39, 0.29) is 17.9 Å². The molecule has 1 rings (SSSR count). The van der Waals surface area contributed by atoms with Crippen molar-refractivity contribution in [1.29, 1.82) is 0 Å². The molecule has 0 saturated heterocycles. The number of hydrogen-bond donors (Lipinski definition) is 3. The zero-order valence-corrected chi connectivity index (χ0v) is 10.6. The van der Waals surface area contributed by atoms with Crippen molar-refractivity contribution in [3.63, 3.8) is 0 Å². The summed E-state index contributed by atoms with van der Waals surface area (Å²) in [6.45, 7) is 0.785. The number of nitrogens with one attached hydrogen (secondary N) is 2. The lowest BCUT2D eigenvalue weighted by atomic mass is 9.99. The third-order valence-corrected chi connectivity index (χ3v) is 4.71. The van der Waals surface area contributed by atoms with E-state index < -0.39 is 10.0 Å². The minimum Gasteiger partial charge on any atom is -0.394 e. The molecule has 0 unspecified atom stereocenters. The van der Waals surface area contributed by atoms with Crippen molar-refractivity contribution in [2.24, 2.45) is 0 Å². The van der Waals surface area contributed by atoms with Crippen molar-refractivity contribution >= 4 is 10.0 Å². The zero-order chi connectivity index (χ0) is 12.1. The van der Waals surface area contributed by atoms with Gasteiger partial charge in [-0.25, -0.2) is 13.1 Å². The maximum atomic E-state index is 11.2. The summed E-state index contributed by atoms with van der Waals surface area (Å²) < 4.78 is 24.6. The summed E-state index contributed by atoms with van der Waals surface area (Å²) in [6.07, 6.45) is 4.83. The van der Waals surface area contributed by atoms with Gasteiger partial charge in [0, 0.05) is 5.54 Å². The summed E-state index contributed by atoms with van der Waals surface area (Å²) >= 11 is 0. The van der Waals surface area contributed by atoms with Gasteiger partial charge in [0.2, 0.25) is 10.0 Å². The van der Waals surface area contributed by atoms with Gasteiger partial charge in [-0.2, -0.15) is 0 Å². The molecular weight excluding hydrogens is 228 g/mol. The Labute approximate surface area is 97.7 Å². The molecule has 0 amide bonds. The van der Waals surface area contributed by atoms with Crippen LogP contribution >= 0.6 is 0 Å². The Balaban J connectivity index is 2.24. The molecule has 1 fully saturated rings. The van der Waals surface area contributed by atoms with Crippen molar-refractivity contribution in [2.75, 3.05) is 26.0 Å². The van der Waals surface area contributed by atoms with Crippen LogP contribution in [0.5, 0.6) is 0 Å². The number of hydrogen-bond acceptors (Lipinski definition) is 4. The van der Waals surface area contributed by atoms with Gasteiger partial charge in [-0.05, 0) is 32.9 Å². The lowest BCUT2D eigenvalue weighted by Crippen LogP contribution is -2.46. The van der Waals surface area contributed by atoms with E-state index in [1.807, 2.05) is 0 Å². The molecule has 0 heterocycles. The quantitative estimate of drug-likeness (QED) is 0.548. The Kier molecular flexibility index (Phi) is 5.17. The van der Waals surface area contributed by atoms with Crippen molar-refractivity contribution < 1.29 is 13.5 Å². The summed E-state index contributed by atoms with van der Waals surface area (Å²) in [4.78, 5) is 0. The van der Waals surface area contributed by atoms with Crippen molar-refractivity contribution in [1.82, 2.24) is 10.0 Å². The second-order valence-electron chi connectivity index (χ2n) is 4.45. The van der Waals surface area contributed by atoms with Crippen LogP contribution in [0.2, 0.25) is 0 Å². The molecule has 0 radical (unpaired) electrons. The molecule has 0 spiro atoms. The normalized spacial score (nSPS) is 20.1. The maximum absolute atomic E-state index is 11.2. The highest BCUT2D eigenvalue weighted by atomic mass is 32.2. The van der Waals surface area contributed by atoms with Crippen LogP contribution in [0.3, 0.4) is 0 Å². The molecule has 1 aliphatic carbocycles. The van der Waals surface area contributed by atoms with Crippen LogP contribution in [-0.2, 0) is 10.0 Å². The van der Waals surface area contributed by atoms with E-state index in [1.165, 1.54) is 7.05 Å². The first kappa shape index (κ1) is 13.9. The molecule has 1 aliphatic rings. The second kappa shape index (κ2) is 5.95. The largest absolute Gasteiger partial charge is 0.394 e. The molecular formula is C10H22N2O3S. The zero-order valence-electron chi connectivity index (χ0n) is 9.83. The molecule has 0 aromatic carbocycles. The standard InChI is InChI=1S/C10H22N2O3S/c1-11-16(14,15)8-4-7-12-10(9-13)5-2-3-6-10/h11-13H,2-9H2,1H3. The number of aliphatic hydroxyl groups is 1. The van der Waals surface area contributed by atoms with E-state index in [0.29, 0.717) is 13.0 Å². The van der Waals surface area contributed by atoms with Gasteiger partial charge in [-0.1, -0.05) is 12.8 Å². The highest BCUT2D eigenvalue weighted by Crippen LogP contribution is 2.28. The average Bonchev–Trinajstić information content (AvgIpc) is 2.74. The second-order valence-corrected chi connectivity index (χ2v) is 6.49. The molecule has 1 saturated carbocycles. The van der Waals surface area contributed by atoms with Crippen molar-refractivity contribution in [3.05, 3.63) is 0 Å². The predicted octanol–water partition coefficient (Wildman–Crippen LogP) is -0.180. The smallest absolute Gasteiger partial charge is 0.211 e. The molecule has 96 valence electrons. The van der Waals surface area contributed by atoms with Gasteiger partial charge in [-0.3, -0.25) is 0 Å². The first-order chi connectivity index (χ1) is 7.54. The monoisotopic (exact) mass is 250 g/mol. The van der Waals surface area contributed by atoms with Crippen LogP contribution < -0.4 is 10.0 Å². The van der Waals surface area contributed by atoms with E-state index >= 15 is 0 Å². The molecule has 0 atom stereocenters. The van der Waals surface area contributed by atoms with Crippen LogP contribution in [-0.4, -0.2) is 45.0 Å². The lowest BCUT2D eigenvalue weighted by molar-refractivity contribution is 0.165. The van der Waals surface area contributed by atoms with E-state index in [2.05, 4.69) is 10.0 Å². The van der Waals surface area contributed by atoms with Crippen molar-refractivity contribution in [3.8, 4) is 0 Å². The SMILES string of the molecule is CNS(=O)(=O)CCCNC1(CO)CCCC1. The van der Waals surface area contributed by atoms with E-state index in [9.17, 15) is 13.5 Å². The molecule has 6 heteroatoms. The molecule has 0 aromatic rings. The minimum atomic E-state index is -3.09. The third kappa shape index (κ3) is 4.01. The Morgan fingerprint density at radius 2 is 1.94 bits per heavy atom. The Hall–Kier alpha value is -0.170. The van der Waals surface area contributed by atoms with E-state index in [0.717, 1.165) is 25.7 Å². The fourth-order valence-electron chi connectivity index (χ4n) is 2.16. The minimum absolute atomic E-state index is 0.137. The summed E-state index contributed by atoms with van der Waals surface area (Å²) in [6, 6.07) is 0. The molecule has 3 N–H and O–H groups in total. The summed E-state index contributed by atoms with van der Waals surface area (Å²) in [5.74, 6) is 0.137. The van der Waals surface area contributed by atoms with Crippen LogP contribution in [0, 0.1) is 0 Å². The van der Waals surface area contributed by atoms with E-state index in [1.54, 1.807) is 0 Å². The van der Waals surface area contributed by atoms with Crippen LogP contribution in [0.4, 0.5) is 0 Å². The molecule has 0 aliphatic heterocycles. The fraction of sp³-hybridized carbons (Fsp3) is 1.00. The number of sulfonamides is 1. The maximum Gasteiger partial charge on any atom is 0.211 e. The molecule has 16 heavy (non-hydrogen) atoms. The lowest BCUT2D eigenvalue weighted by Gasteiger charge is -2.28. The van der Waals surface area contributed by atoms with Gasteiger partial charge in [0.15, 0.2) is 0 Å². The van der Waals surface area contributed by atoms with Gasteiger partial charge < -0.3 is 10.4 Å². The Morgan fingerprint density at radius 1 is 1.31 bits per heavy atom. The molecule has 5 nitrogen and oxygen atoms in total. The summed E-state index contributed by atoms with van der Waals surface area (Å²) in [7, 11) is -1.67. The van der Waals surface area contributed by atoms with Gasteiger partial charge in [0.25, 0.3) is 0 Å². The van der Waals surface area contributed by atoms with Crippen LogP contribution in [0.25, 0.3) is 0 Å². The number of aliphatic hydroxyl groups excluding tert-OH is 1. The van der Waals surface area contributed by atoms with Gasteiger partial charge >= 0.3 is 0 Å². The topological polar surface area (TPSA) is 78.4 Å². The summed E-state index contributed by atoms with van der Waals surface area (Å²) in [5.41, 5.74) is -0.149. The Bertz CT molecular complexity index is 297. The van der Waals surface area contributed by atoms with Gasteiger partial charge in [-0.15, -0.1) is 0 Å². The van der Waals surface area contributed by atoms with Crippen molar-refractivity contribution in [2.45, 2.75) is 37.6 Å². The van der Waals surface area contributed by atoms with E-state index in [4.69, 9.17) is 0 Å². The third-order valence-electron chi connectivity index (χ3n) is 3.26. The predicted molar refractivity (Wildman–Crippen MR) is 63.8 cm³/mol. The van der Waals surface area contributed by atoms with Gasteiger partial charge in [0.05, 0.1) is 12.4 Å². The molecule has 0 aromatic heterocycles. The summed E-state index contributed by atoms with van der Waals surface area (Å²) in [5, 5.41) is 12.6. The fourth-order valence-corrected chi connectivity index (χ4v) is 2.89. The highest BCUT2D eigenvalue weighted by molar-refractivity contribution is 7.89. The first-order valence-electron chi connectivity index (χ1n) is 5.81. The Morgan fingerprint density at radius 3 is 2.44 bits per heavy atom.